The first kappa shape index (κ1) is 34.2. The van der Waals surface area contributed by atoms with Gasteiger partial charge in [0.2, 0.25) is 5.91 Å². The van der Waals surface area contributed by atoms with Crippen molar-refractivity contribution in [3.63, 3.8) is 0 Å². The molecular weight excluding hydrogens is 590 g/mol. The van der Waals surface area contributed by atoms with Crippen molar-refractivity contribution in [3.05, 3.63) is 117 Å². The predicted octanol–water partition coefficient (Wildman–Crippen LogP) is 6.80. The van der Waals surface area contributed by atoms with Gasteiger partial charge in [0, 0.05) is 10.8 Å². The average Bonchev–Trinajstić information content (AvgIpc) is 3.68. The van der Waals surface area contributed by atoms with Crippen LogP contribution in [0, 0.1) is 69.6 Å². The zero-order chi connectivity index (χ0) is 29.1. The van der Waals surface area contributed by atoms with Gasteiger partial charge in [-0.2, -0.15) is 0 Å². The standard InChI is InChI=1S/C28H34NO4SSi.C5H5.Fe/c1-8-17-32-27(31)23-24(21-15-13-20(14-16-21)19-11-9-10-12-19)34-26-22(25(30)29(23)26)18(2)33-35(6,7)28(3,4)5;1-2-4-5-3-1;/h8-16,18,22,26H,1,17H2,2-7H3;1-5H;/q;;+2/t18-,22+,26-;;/m1../s1. The molecule has 1 aromatic rings. The van der Waals surface area contributed by atoms with Crippen LogP contribution in [0.3, 0.4) is 0 Å². The zero-order valence-electron chi connectivity index (χ0n) is 24.6. The Bertz CT molecular complexity index is 1100. The molecule has 1 saturated heterocycles. The number of carbonyl (C=O) groups excluding carboxylic acids is 2. The number of β-lactam (4-membered cyclic amide) rings is 1. The van der Waals surface area contributed by atoms with Crippen LogP contribution in [0.25, 0.3) is 4.91 Å². The van der Waals surface area contributed by atoms with Gasteiger partial charge in [0.15, 0.2) is 8.32 Å². The first-order valence-electron chi connectivity index (χ1n) is 13.7. The first-order valence-corrected chi connectivity index (χ1v) is 17.4. The Morgan fingerprint density at radius 1 is 1.02 bits per heavy atom. The molecule has 0 aromatic heterocycles. The fourth-order valence-corrected chi connectivity index (χ4v) is 7.62. The van der Waals surface area contributed by atoms with Gasteiger partial charge in [-0.15, -0.1) is 0 Å². The Kier molecular flexibility index (Phi) is 12.0. The number of esters is 1. The zero-order valence-corrected chi connectivity index (χ0v) is 27.5. The van der Waals surface area contributed by atoms with Gasteiger partial charge in [-0.1, -0.05) is 69.5 Å². The molecule has 0 unspecified atom stereocenters. The topological polar surface area (TPSA) is 55.8 Å². The molecule has 216 valence electrons. The summed E-state index contributed by atoms with van der Waals surface area (Å²) in [5, 5.41) is -0.137. The summed E-state index contributed by atoms with van der Waals surface area (Å²) in [7, 11) is -2.05. The normalized spacial score (nSPS) is 23.3. The van der Waals surface area contributed by atoms with E-state index >= 15 is 0 Å². The Morgan fingerprint density at radius 2 is 1.56 bits per heavy atom. The van der Waals surface area contributed by atoms with E-state index in [4.69, 9.17) is 9.16 Å². The van der Waals surface area contributed by atoms with Crippen LogP contribution in [-0.4, -0.2) is 43.2 Å². The number of thioether (sulfide) groups is 1. The van der Waals surface area contributed by atoms with E-state index in [1.165, 1.54) is 6.08 Å². The summed E-state index contributed by atoms with van der Waals surface area (Å²) in [6.45, 7) is 16.7. The molecule has 2 aliphatic heterocycles. The summed E-state index contributed by atoms with van der Waals surface area (Å²) >= 11 is 1.55. The predicted molar refractivity (Wildman–Crippen MR) is 165 cm³/mol. The summed E-state index contributed by atoms with van der Waals surface area (Å²) in [4.78, 5) is 28.8. The molecule has 4 aliphatic rings. The van der Waals surface area contributed by atoms with Crippen molar-refractivity contribution < 1.29 is 35.8 Å². The third-order valence-corrected chi connectivity index (χ3v) is 13.8. The molecule has 0 bridgehead atoms. The smallest absolute Gasteiger partial charge is 0.457 e. The average molecular weight is 630 g/mol. The van der Waals surface area contributed by atoms with Crippen LogP contribution in [0.5, 0.6) is 0 Å². The number of hydrogen-bond acceptors (Lipinski definition) is 5. The monoisotopic (exact) mass is 629 g/mol. The molecule has 41 heavy (non-hydrogen) atoms. The van der Waals surface area contributed by atoms with E-state index in [0.29, 0.717) is 5.70 Å². The third-order valence-electron chi connectivity index (χ3n) is 7.80. The maximum atomic E-state index is 13.4. The van der Waals surface area contributed by atoms with Gasteiger partial charge >= 0.3 is 23.0 Å². The molecular formula is C33H39FeNO4SSi+2. The molecule has 10 radical (unpaired) electrons. The minimum absolute atomic E-state index is 0. The van der Waals surface area contributed by atoms with Crippen molar-refractivity contribution in [2.75, 3.05) is 6.61 Å². The minimum Gasteiger partial charge on any atom is -0.457 e. The van der Waals surface area contributed by atoms with Crippen molar-refractivity contribution in [2.24, 2.45) is 5.92 Å². The van der Waals surface area contributed by atoms with Gasteiger partial charge < -0.3 is 9.16 Å². The second-order valence-corrected chi connectivity index (χ2v) is 17.5. The van der Waals surface area contributed by atoms with Crippen LogP contribution in [0.2, 0.25) is 18.1 Å². The van der Waals surface area contributed by atoms with Gasteiger partial charge in [-0.3, -0.25) is 9.69 Å². The molecule has 0 N–H and O–H groups in total. The molecule has 5 nitrogen and oxygen atoms in total. The van der Waals surface area contributed by atoms with Crippen molar-refractivity contribution >= 4 is 36.9 Å². The number of ether oxygens (including phenoxy) is 1. The first-order chi connectivity index (χ1) is 19.0. The van der Waals surface area contributed by atoms with Gasteiger partial charge in [0.05, 0.1) is 12.0 Å². The molecule has 3 atom stereocenters. The SMILES string of the molecule is C=CCOC(=O)C1=C(c2ccc([C]3[CH][CH][CH][CH]3)cc2)S[C@@H]2[C@@H]([C@@H](C)O[Si](C)(C)C(C)(C)C)C(=O)N12.[CH]1[CH][CH][CH][CH]1.[Fe+2]. The molecule has 2 saturated carbocycles. The van der Waals surface area contributed by atoms with E-state index in [1.54, 1.807) is 16.7 Å². The van der Waals surface area contributed by atoms with Crippen LogP contribution in [0.15, 0.2) is 42.6 Å². The minimum atomic E-state index is -2.05. The maximum absolute atomic E-state index is 13.4. The fraction of sp³-hybridized carbons (Fsp3) is 0.333. The number of nitrogens with zero attached hydrogens (tertiary/aromatic N) is 1. The van der Waals surface area contributed by atoms with Crippen LogP contribution in [-0.2, 0) is 35.8 Å². The van der Waals surface area contributed by atoms with Gasteiger partial charge in [0.1, 0.15) is 17.7 Å². The molecule has 5 rings (SSSR count). The molecule has 1 aromatic carbocycles. The third kappa shape index (κ3) is 7.62. The van der Waals surface area contributed by atoms with Crippen LogP contribution in [0.4, 0.5) is 0 Å². The number of benzene rings is 1. The van der Waals surface area contributed by atoms with E-state index in [-0.39, 0.29) is 52.0 Å². The Hall–Kier alpha value is -1.31. The van der Waals surface area contributed by atoms with Crippen molar-refractivity contribution in [1.29, 1.82) is 0 Å². The van der Waals surface area contributed by atoms with Crippen molar-refractivity contribution in [1.82, 2.24) is 4.90 Å². The summed E-state index contributed by atoms with van der Waals surface area (Å²) in [5.74, 6) is 0.255. The molecule has 0 spiro atoms. The van der Waals surface area contributed by atoms with E-state index in [0.717, 1.165) is 21.9 Å². The second kappa shape index (κ2) is 14.4. The maximum Gasteiger partial charge on any atom is 2.00 e. The largest absolute Gasteiger partial charge is 2.00 e. The fourth-order valence-electron chi connectivity index (χ4n) is 4.58. The Labute approximate surface area is 263 Å². The van der Waals surface area contributed by atoms with Crippen LogP contribution >= 0.6 is 11.8 Å². The van der Waals surface area contributed by atoms with Crippen LogP contribution in [0.1, 0.15) is 38.8 Å². The number of carbonyl (C=O) groups is 2. The molecule has 8 heteroatoms. The number of rotatable bonds is 8. The van der Waals surface area contributed by atoms with E-state index in [9.17, 15) is 9.59 Å². The molecule has 3 fully saturated rings. The molecule has 2 aliphatic carbocycles. The summed E-state index contributed by atoms with van der Waals surface area (Å²) < 4.78 is 12.0. The molecule has 2 heterocycles. The summed E-state index contributed by atoms with van der Waals surface area (Å²) in [6.07, 6.45) is 19.4. The van der Waals surface area contributed by atoms with Crippen molar-refractivity contribution in [2.45, 2.75) is 57.3 Å². The summed E-state index contributed by atoms with van der Waals surface area (Å²) in [6, 6.07) is 8.10. The van der Waals surface area contributed by atoms with E-state index in [1.807, 2.05) is 76.1 Å². The van der Waals surface area contributed by atoms with Gasteiger partial charge in [-0.25, -0.2) is 4.79 Å². The van der Waals surface area contributed by atoms with Gasteiger partial charge in [0.25, 0.3) is 0 Å². The number of fused-ring (bicyclic) bond motifs is 1. The van der Waals surface area contributed by atoms with Crippen molar-refractivity contribution in [3.8, 4) is 0 Å². The van der Waals surface area contributed by atoms with Crippen LogP contribution < -0.4 is 0 Å². The second-order valence-electron chi connectivity index (χ2n) is 11.6. The number of amides is 1. The Morgan fingerprint density at radius 3 is 2.07 bits per heavy atom. The quantitative estimate of drug-likeness (QED) is 0.137. The van der Waals surface area contributed by atoms with E-state index in [2.05, 4.69) is 53.3 Å². The summed E-state index contributed by atoms with van der Waals surface area (Å²) in [5.41, 5.74) is 2.32. The van der Waals surface area contributed by atoms with E-state index < -0.39 is 14.3 Å². The van der Waals surface area contributed by atoms with Gasteiger partial charge in [-0.05, 0) is 94.0 Å². The number of hydrogen-bond donors (Lipinski definition) is 0. The Balaban J connectivity index is 0.000000696. The molecule has 1 amide bonds.